The molecule has 0 bridgehead atoms. The van der Waals surface area contributed by atoms with E-state index in [1.165, 1.54) is 0 Å². The number of ketones is 1. The molecule has 2 rings (SSSR count). The van der Waals surface area contributed by atoms with Crippen molar-refractivity contribution < 1.29 is 19.1 Å². The van der Waals surface area contributed by atoms with Crippen molar-refractivity contribution in [3.63, 3.8) is 0 Å². The highest BCUT2D eigenvalue weighted by molar-refractivity contribution is 5.93. The normalized spacial score (nSPS) is 15.9. The molecule has 0 unspecified atom stereocenters. The fraction of sp³-hybridized carbons (Fsp3) is 0.467. The molecule has 0 heterocycles. The van der Waals surface area contributed by atoms with Crippen LogP contribution in [0.3, 0.4) is 0 Å². The molecule has 1 aliphatic rings. The molecule has 1 aliphatic carbocycles. The summed E-state index contributed by atoms with van der Waals surface area (Å²) in [6.45, 7) is -0.00307. The van der Waals surface area contributed by atoms with E-state index in [1.807, 2.05) is 12.1 Å². The minimum absolute atomic E-state index is 0.00307. The van der Waals surface area contributed by atoms with Crippen LogP contribution in [-0.4, -0.2) is 31.5 Å². The van der Waals surface area contributed by atoms with Gasteiger partial charge in [0.15, 0.2) is 0 Å². The summed E-state index contributed by atoms with van der Waals surface area (Å²) < 4.78 is 10.7. The van der Waals surface area contributed by atoms with E-state index in [1.54, 1.807) is 19.2 Å². The number of hydrogen-bond acceptors (Lipinski definition) is 4. The standard InChI is InChI=1S/C15H19NO4/c1-19-14-5-3-2-4-13(14)16-15(18)10-20-12-8-6-11(17)7-9-12/h2-5,12H,6-10H2,1H3,(H,16,18). The van der Waals surface area contributed by atoms with Crippen LogP contribution in [0.1, 0.15) is 25.7 Å². The third-order valence-electron chi connectivity index (χ3n) is 3.32. The number of Topliss-reactive ketones (excluding diaryl/α,β-unsaturated/α-hetero) is 1. The molecule has 5 nitrogen and oxygen atoms in total. The van der Waals surface area contributed by atoms with Gasteiger partial charge < -0.3 is 14.8 Å². The van der Waals surface area contributed by atoms with Gasteiger partial charge in [-0.3, -0.25) is 9.59 Å². The topological polar surface area (TPSA) is 64.6 Å². The van der Waals surface area contributed by atoms with E-state index in [9.17, 15) is 9.59 Å². The highest BCUT2D eigenvalue weighted by atomic mass is 16.5. The monoisotopic (exact) mass is 277 g/mol. The number of nitrogens with one attached hydrogen (secondary N) is 1. The van der Waals surface area contributed by atoms with Crippen LogP contribution in [0.2, 0.25) is 0 Å². The second-order valence-corrected chi connectivity index (χ2v) is 4.80. The Bertz CT molecular complexity index is 477. The molecule has 0 spiro atoms. The highest BCUT2D eigenvalue weighted by Gasteiger charge is 2.20. The quantitative estimate of drug-likeness (QED) is 0.895. The number of hydrogen-bond donors (Lipinski definition) is 1. The Kier molecular flexibility index (Phi) is 5.12. The lowest BCUT2D eigenvalue weighted by Gasteiger charge is -2.21. The number of benzene rings is 1. The Hall–Kier alpha value is -1.88. The van der Waals surface area contributed by atoms with E-state index in [-0.39, 0.29) is 24.4 Å². The van der Waals surface area contributed by atoms with E-state index in [2.05, 4.69) is 5.32 Å². The van der Waals surface area contributed by atoms with Crippen LogP contribution in [0.4, 0.5) is 5.69 Å². The maximum atomic E-state index is 11.8. The van der Waals surface area contributed by atoms with Crippen molar-refractivity contribution in [1.82, 2.24) is 0 Å². The molecule has 1 aromatic carbocycles. The van der Waals surface area contributed by atoms with Crippen LogP contribution in [0.5, 0.6) is 5.75 Å². The lowest BCUT2D eigenvalue weighted by Crippen LogP contribution is -2.26. The highest BCUT2D eigenvalue weighted by Crippen LogP contribution is 2.23. The van der Waals surface area contributed by atoms with E-state index in [0.29, 0.717) is 37.1 Å². The maximum Gasteiger partial charge on any atom is 0.250 e. The fourth-order valence-electron chi connectivity index (χ4n) is 2.21. The first-order valence-electron chi connectivity index (χ1n) is 6.75. The molecular weight excluding hydrogens is 258 g/mol. The molecule has 1 N–H and O–H groups in total. The van der Waals surface area contributed by atoms with Gasteiger partial charge in [-0.15, -0.1) is 0 Å². The zero-order valence-corrected chi connectivity index (χ0v) is 11.6. The number of carbonyl (C=O) groups excluding carboxylic acids is 2. The first kappa shape index (κ1) is 14.5. The van der Waals surface area contributed by atoms with Gasteiger partial charge in [0.1, 0.15) is 18.1 Å². The van der Waals surface area contributed by atoms with Gasteiger partial charge in [-0.1, -0.05) is 12.1 Å². The van der Waals surface area contributed by atoms with Gasteiger partial charge >= 0.3 is 0 Å². The first-order valence-corrected chi connectivity index (χ1v) is 6.75. The van der Waals surface area contributed by atoms with Crippen molar-refractivity contribution in [3.05, 3.63) is 24.3 Å². The minimum Gasteiger partial charge on any atom is -0.495 e. The summed E-state index contributed by atoms with van der Waals surface area (Å²) in [6, 6.07) is 7.22. The lowest BCUT2D eigenvalue weighted by molar-refractivity contribution is -0.126. The van der Waals surface area contributed by atoms with Crippen LogP contribution in [0.15, 0.2) is 24.3 Å². The largest absolute Gasteiger partial charge is 0.495 e. The van der Waals surface area contributed by atoms with Gasteiger partial charge in [-0.25, -0.2) is 0 Å². The zero-order chi connectivity index (χ0) is 14.4. The van der Waals surface area contributed by atoms with Gasteiger partial charge in [0.2, 0.25) is 5.91 Å². The smallest absolute Gasteiger partial charge is 0.250 e. The molecule has 0 atom stereocenters. The molecule has 1 fully saturated rings. The average molecular weight is 277 g/mol. The van der Waals surface area contributed by atoms with Crippen molar-refractivity contribution >= 4 is 17.4 Å². The van der Waals surface area contributed by atoms with Gasteiger partial charge in [-0.2, -0.15) is 0 Å². The number of carbonyl (C=O) groups is 2. The molecule has 1 amide bonds. The van der Waals surface area contributed by atoms with Gasteiger partial charge in [-0.05, 0) is 25.0 Å². The molecule has 0 aliphatic heterocycles. The number of rotatable bonds is 5. The fourth-order valence-corrected chi connectivity index (χ4v) is 2.21. The molecule has 0 aromatic heterocycles. The van der Waals surface area contributed by atoms with Crippen molar-refractivity contribution in [3.8, 4) is 5.75 Å². The number of ether oxygens (including phenoxy) is 2. The SMILES string of the molecule is COc1ccccc1NC(=O)COC1CCC(=O)CC1. The van der Waals surface area contributed by atoms with E-state index in [4.69, 9.17) is 9.47 Å². The first-order chi connectivity index (χ1) is 9.69. The van der Waals surface area contributed by atoms with Crippen molar-refractivity contribution in [2.75, 3.05) is 19.0 Å². The summed E-state index contributed by atoms with van der Waals surface area (Å²) in [5.41, 5.74) is 0.627. The summed E-state index contributed by atoms with van der Waals surface area (Å²) >= 11 is 0. The van der Waals surface area contributed by atoms with E-state index in [0.717, 1.165) is 0 Å². The molecule has 1 aromatic rings. The van der Waals surface area contributed by atoms with Crippen molar-refractivity contribution in [2.45, 2.75) is 31.8 Å². The third-order valence-corrected chi connectivity index (χ3v) is 3.32. The average Bonchev–Trinajstić information content (AvgIpc) is 2.47. The van der Waals surface area contributed by atoms with Crippen molar-refractivity contribution in [1.29, 1.82) is 0 Å². The second-order valence-electron chi connectivity index (χ2n) is 4.80. The van der Waals surface area contributed by atoms with Gasteiger partial charge in [0.05, 0.1) is 18.9 Å². The maximum absolute atomic E-state index is 11.8. The Morgan fingerprint density at radius 3 is 2.70 bits per heavy atom. The Labute approximate surface area is 118 Å². The molecule has 0 radical (unpaired) electrons. The summed E-state index contributed by atoms with van der Waals surface area (Å²) in [6.07, 6.45) is 2.54. The predicted octanol–water partition coefficient (Wildman–Crippen LogP) is 2.16. The number of methoxy groups -OCH3 is 1. The number of para-hydroxylation sites is 2. The summed E-state index contributed by atoms with van der Waals surface area (Å²) in [5.74, 6) is 0.679. The number of anilines is 1. The lowest BCUT2D eigenvalue weighted by atomic mass is 9.96. The summed E-state index contributed by atoms with van der Waals surface area (Å²) in [4.78, 5) is 22.9. The molecular formula is C15H19NO4. The number of amides is 1. The van der Waals surface area contributed by atoms with Crippen molar-refractivity contribution in [2.24, 2.45) is 0 Å². The van der Waals surface area contributed by atoms with Crippen LogP contribution >= 0.6 is 0 Å². The second kappa shape index (κ2) is 7.05. The molecule has 108 valence electrons. The molecule has 20 heavy (non-hydrogen) atoms. The molecule has 5 heteroatoms. The Balaban J connectivity index is 1.79. The Morgan fingerprint density at radius 2 is 2.00 bits per heavy atom. The van der Waals surface area contributed by atoms with Gasteiger partial charge in [0, 0.05) is 12.8 Å². The van der Waals surface area contributed by atoms with Crippen LogP contribution in [0, 0.1) is 0 Å². The molecule has 1 saturated carbocycles. The van der Waals surface area contributed by atoms with Gasteiger partial charge in [0.25, 0.3) is 0 Å². The van der Waals surface area contributed by atoms with E-state index < -0.39 is 0 Å². The van der Waals surface area contributed by atoms with Crippen LogP contribution in [0.25, 0.3) is 0 Å². The third kappa shape index (κ3) is 4.06. The zero-order valence-electron chi connectivity index (χ0n) is 11.6. The summed E-state index contributed by atoms with van der Waals surface area (Å²) in [7, 11) is 1.56. The van der Waals surface area contributed by atoms with Crippen LogP contribution in [-0.2, 0) is 14.3 Å². The Morgan fingerprint density at radius 1 is 1.30 bits per heavy atom. The summed E-state index contributed by atoms with van der Waals surface area (Å²) in [5, 5.41) is 2.75. The van der Waals surface area contributed by atoms with Crippen LogP contribution < -0.4 is 10.1 Å². The minimum atomic E-state index is -0.216. The molecule has 0 saturated heterocycles. The predicted molar refractivity (Wildman–Crippen MR) is 74.8 cm³/mol. The van der Waals surface area contributed by atoms with E-state index >= 15 is 0 Å².